The molecule has 0 unspecified atom stereocenters. The molecule has 154 valence electrons. The van der Waals surface area contributed by atoms with Gasteiger partial charge in [0.2, 0.25) is 0 Å². The molecule has 2 aromatic carbocycles. The van der Waals surface area contributed by atoms with Crippen LogP contribution in [-0.2, 0) is 11.3 Å². The lowest BCUT2D eigenvalue weighted by atomic mass is 10.1. The van der Waals surface area contributed by atoms with Gasteiger partial charge in [0.25, 0.3) is 0 Å². The van der Waals surface area contributed by atoms with Gasteiger partial charge in [-0.15, -0.1) is 0 Å². The van der Waals surface area contributed by atoms with E-state index in [1.807, 2.05) is 29.2 Å². The Bertz CT molecular complexity index is 901. The van der Waals surface area contributed by atoms with Crippen molar-refractivity contribution in [2.45, 2.75) is 6.54 Å². The van der Waals surface area contributed by atoms with Crippen LogP contribution in [0.3, 0.4) is 0 Å². The van der Waals surface area contributed by atoms with Crippen molar-refractivity contribution in [2.75, 3.05) is 51.5 Å². The molecule has 6 nitrogen and oxygen atoms in total. The van der Waals surface area contributed by atoms with Gasteiger partial charge in [0.1, 0.15) is 6.61 Å². The Kier molecular flexibility index (Phi) is 6.45. The monoisotopic (exact) mass is 435 g/mol. The maximum atomic E-state index is 6.22. The van der Waals surface area contributed by atoms with E-state index in [-0.39, 0.29) is 0 Å². The van der Waals surface area contributed by atoms with Gasteiger partial charge in [-0.2, -0.15) is 0 Å². The summed E-state index contributed by atoms with van der Waals surface area (Å²) in [5, 5.41) is 1.02. The van der Waals surface area contributed by atoms with Crippen molar-refractivity contribution in [2.24, 2.45) is 4.99 Å². The van der Waals surface area contributed by atoms with Crippen LogP contribution in [-0.4, -0.2) is 57.8 Å². The van der Waals surface area contributed by atoms with Crippen LogP contribution in [0.1, 0.15) is 5.56 Å². The summed E-state index contributed by atoms with van der Waals surface area (Å²) in [4.78, 5) is 8.78. The number of anilines is 2. The number of halogens is 2. The Morgan fingerprint density at radius 2 is 1.90 bits per heavy atom. The molecule has 2 aliphatic rings. The van der Waals surface area contributed by atoms with E-state index in [1.54, 1.807) is 19.5 Å². The molecular formula is C21H23Cl2N3O3. The van der Waals surface area contributed by atoms with Gasteiger partial charge < -0.3 is 19.1 Å². The van der Waals surface area contributed by atoms with E-state index >= 15 is 0 Å². The van der Waals surface area contributed by atoms with Crippen LogP contribution < -0.4 is 14.4 Å². The van der Waals surface area contributed by atoms with Gasteiger partial charge in [0.15, 0.2) is 11.5 Å². The van der Waals surface area contributed by atoms with E-state index in [1.165, 1.54) is 0 Å². The molecule has 0 amide bonds. The first kappa shape index (κ1) is 20.3. The first-order valence-electron chi connectivity index (χ1n) is 9.54. The Morgan fingerprint density at radius 3 is 2.66 bits per heavy atom. The zero-order valence-corrected chi connectivity index (χ0v) is 17.7. The molecule has 8 heteroatoms. The highest BCUT2D eigenvalue weighted by atomic mass is 35.5. The van der Waals surface area contributed by atoms with E-state index in [2.05, 4.69) is 9.89 Å². The minimum atomic E-state index is 0.500. The lowest BCUT2D eigenvalue weighted by Gasteiger charge is -2.28. The number of hydrogen-bond donors (Lipinski definition) is 0. The summed E-state index contributed by atoms with van der Waals surface area (Å²) in [7, 11) is 1.65. The third-order valence-corrected chi connectivity index (χ3v) is 5.77. The fraction of sp³-hybridized carbons (Fsp3) is 0.381. The lowest BCUT2D eigenvalue weighted by Crippen LogP contribution is -2.38. The summed E-state index contributed by atoms with van der Waals surface area (Å²) in [5.74, 6) is 1.41. The Balaban J connectivity index is 1.56. The number of benzene rings is 2. The van der Waals surface area contributed by atoms with Gasteiger partial charge in [-0.1, -0.05) is 23.2 Å². The predicted octanol–water partition coefficient (Wildman–Crippen LogP) is 4.39. The molecule has 1 saturated heterocycles. The molecule has 0 aliphatic carbocycles. The second kappa shape index (κ2) is 9.22. The fourth-order valence-electron chi connectivity index (χ4n) is 3.45. The van der Waals surface area contributed by atoms with Crippen LogP contribution in [0.2, 0.25) is 10.0 Å². The van der Waals surface area contributed by atoms with Crippen molar-refractivity contribution >= 4 is 40.9 Å². The number of fused-ring (bicyclic) bond motifs is 1. The van der Waals surface area contributed by atoms with Crippen molar-refractivity contribution in [3.05, 3.63) is 45.9 Å². The van der Waals surface area contributed by atoms with Gasteiger partial charge in [-0.3, -0.25) is 9.89 Å². The van der Waals surface area contributed by atoms with Crippen molar-refractivity contribution in [1.29, 1.82) is 0 Å². The molecule has 0 bridgehead atoms. The number of methoxy groups -OCH3 is 1. The Morgan fingerprint density at radius 1 is 1.07 bits per heavy atom. The molecule has 4 rings (SSSR count). The molecule has 2 aliphatic heterocycles. The second-order valence-electron chi connectivity index (χ2n) is 6.86. The van der Waals surface area contributed by atoms with Crippen molar-refractivity contribution in [1.82, 2.24) is 4.90 Å². The normalized spacial score (nSPS) is 16.6. The maximum Gasteiger partial charge on any atom is 0.163 e. The highest BCUT2D eigenvalue weighted by Crippen LogP contribution is 2.40. The average Bonchev–Trinajstić information content (AvgIpc) is 2.75. The molecule has 2 heterocycles. The minimum absolute atomic E-state index is 0.500. The fourth-order valence-corrected chi connectivity index (χ4v) is 3.74. The SMILES string of the molecule is COc1cc2c(cc1OCCN1CCOCC1)N(c1ccc(Cl)c(Cl)c1)C=NC2. The topological polar surface area (TPSA) is 46.5 Å². The largest absolute Gasteiger partial charge is 0.493 e. The molecule has 0 atom stereocenters. The van der Waals surface area contributed by atoms with Gasteiger partial charge in [-0.05, 0) is 24.3 Å². The lowest BCUT2D eigenvalue weighted by molar-refractivity contribution is 0.0321. The summed E-state index contributed by atoms with van der Waals surface area (Å²) < 4.78 is 17.1. The number of aliphatic imine (C=N–C) groups is 1. The van der Waals surface area contributed by atoms with E-state index in [0.29, 0.717) is 34.7 Å². The number of morpholine rings is 1. The molecule has 0 radical (unpaired) electrons. The van der Waals surface area contributed by atoms with E-state index in [9.17, 15) is 0 Å². The number of nitrogens with zero attached hydrogens (tertiary/aromatic N) is 3. The molecule has 0 N–H and O–H groups in total. The van der Waals surface area contributed by atoms with E-state index in [0.717, 1.165) is 49.8 Å². The first-order chi connectivity index (χ1) is 14.2. The highest BCUT2D eigenvalue weighted by Gasteiger charge is 2.21. The summed E-state index contributed by atoms with van der Waals surface area (Å²) in [6, 6.07) is 9.51. The summed E-state index contributed by atoms with van der Waals surface area (Å²) in [6.07, 6.45) is 1.80. The summed E-state index contributed by atoms with van der Waals surface area (Å²) >= 11 is 12.3. The molecule has 0 aromatic heterocycles. The standard InChI is InChI=1S/C21H23Cl2N3O3/c1-27-20-10-15-13-24-14-26(16-2-3-17(22)18(23)11-16)19(15)12-21(20)29-9-6-25-4-7-28-8-5-25/h2-3,10-12,14H,4-9,13H2,1H3. The molecule has 2 aromatic rings. The molecule has 29 heavy (non-hydrogen) atoms. The van der Waals surface area contributed by atoms with Crippen LogP contribution in [0.5, 0.6) is 11.5 Å². The van der Waals surface area contributed by atoms with Crippen LogP contribution in [0, 0.1) is 0 Å². The number of rotatable bonds is 6. The zero-order valence-electron chi connectivity index (χ0n) is 16.2. The van der Waals surface area contributed by atoms with Crippen molar-refractivity contribution in [3.63, 3.8) is 0 Å². The minimum Gasteiger partial charge on any atom is -0.493 e. The Hall–Kier alpha value is -1.99. The van der Waals surface area contributed by atoms with E-state index < -0.39 is 0 Å². The van der Waals surface area contributed by atoms with Gasteiger partial charge in [0.05, 0.1) is 48.9 Å². The number of hydrogen-bond acceptors (Lipinski definition) is 6. The smallest absolute Gasteiger partial charge is 0.163 e. The van der Waals surface area contributed by atoms with Crippen LogP contribution in [0.25, 0.3) is 0 Å². The second-order valence-corrected chi connectivity index (χ2v) is 7.67. The first-order valence-corrected chi connectivity index (χ1v) is 10.3. The average molecular weight is 436 g/mol. The Labute approximate surface area is 180 Å². The quantitative estimate of drug-likeness (QED) is 0.672. The third-order valence-electron chi connectivity index (χ3n) is 5.03. The van der Waals surface area contributed by atoms with Gasteiger partial charge in [-0.25, -0.2) is 0 Å². The van der Waals surface area contributed by atoms with Gasteiger partial charge >= 0.3 is 0 Å². The van der Waals surface area contributed by atoms with Crippen molar-refractivity contribution < 1.29 is 14.2 Å². The van der Waals surface area contributed by atoms with Crippen molar-refractivity contribution in [3.8, 4) is 11.5 Å². The summed E-state index contributed by atoms with van der Waals surface area (Å²) in [5.41, 5.74) is 2.92. The van der Waals surface area contributed by atoms with Gasteiger partial charge in [0, 0.05) is 37.0 Å². The van der Waals surface area contributed by atoms with Crippen LogP contribution in [0.15, 0.2) is 35.3 Å². The zero-order chi connectivity index (χ0) is 20.2. The van der Waals surface area contributed by atoms with Crippen LogP contribution in [0.4, 0.5) is 11.4 Å². The molecular weight excluding hydrogens is 413 g/mol. The third kappa shape index (κ3) is 4.61. The number of ether oxygens (including phenoxy) is 3. The predicted molar refractivity (Wildman–Crippen MR) is 117 cm³/mol. The molecule has 1 fully saturated rings. The highest BCUT2D eigenvalue weighted by molar-refractivity contribution is 6.42. The molecule has 0 saturated carbocycles. The van der Waals surface area contributed by atoms with Crippen LogP contribution >= 0.6 is 23.2 Å². The maximum absolute atomic E-state index is 6.22. The molecule has 0 spiro atoms. The summed E-state index contributed by atoms with van der Waals surface area (Å²) in [6.45, 7) is 5.44. The van der Waals surface area contributed by atoms with E-state index in [4.69, 9.17) is 37.4 Å².